The molecule has 2 aromatic heterocycles. The van der Waals surface area contributed by atoms with E-state index in [9.17, 15) is 9.59 Å². The molecule has 0 unspecified atom stereocenters. The quantitative estimate of drug-likeness (QED) is 0.842. The van der Waals surface area contributed by atoms with Crippen LogP contribution in [0.1, 0.15) is 40.6 Å². The summed E-state index contributed by atoms with van der Waals surface area (Å²) in [6.45, 7) is 2.15. The topological polar surface area (TPSA) is 102 Å². The number of fused-ring (bicyclic) bond motifs is 1. The van der Waals surface area contributed by atoms with Crippen molar-refractivity contribution < 1.29 is 9.59 Å². The summed E-state index contributed by atoms with van der Waals surface area (Å²) in [6, 6.07) is 1.79. The predicted octanol–water partition coefficient (Wildman–Crippen LogP) is 0.356. The van der Waals surface area contributed by atoms with Crippen LogP contribution in [0, 0.1) is 5.92 Å². The molecule has 1 fully saturated rings. The molecule has 1 saturated carbocycles. The van der Waals surface area contributed by atoms with Crippen molar-refractivity contribution in [1.82, 2.24) is 19.9 Å². The van der Waals surface area contributed by atoms with Gasteiger partial charge in [0.1, 0.15) is 11.3 Å². The number of hydrogen-bond donors (Lipinski definition) is 2. The minimum absolute atomic E-state index is 0.205. The Bertz CT molecular complexity index is 687. The molecule has 1 aliphatic rings. The van der Waals surface area contributed by atoms with Gasteiger partial charge in [0.25, 0.3) is 11.8 Å². The monoisotopic (exact) mass is 273 g/mol. The molecule has 3 rings (SSSR count). The smallest absolute Gasteiger partial charge is 0.270 e. The number of hydrogen-bond acceptors (Lipinski definition) is 4. The van der Waals surface area contributed by atoms with Gasteiger partial charge < -0.3 is 11.1 Å². The average molecular weight is 273 g/mol. The van der Waals surface area contributed by atoms with Gasteiger partial charge in [-0.25, -0.2) is 9.50 Å². The lowest BCUT2D eigenvalue weighted by atomic mass is 9.82. The van der Waals surface area contributed by atoms with Crippen LogP contribution in [0.2, 0.25) is 0 Å². The fraction of sp³-hybridized carbons (Fsp3) is 0.385. The van der Waals surface area contributed by atoms with Gasteiger partial charge in [-0.1, -0.05) is 6.92 Å². The molecule has 0 atom stereocenters. The molecule has 0 spiro atoms. The van der Waals surface area contributed by atoms with Crippen molar-refractivity contribution in [3.63, 3.8) is 0 Å². The zero-order chi connectivity index (χ0) is 14.3. The third-order valence-corrected chi connectivity index (χ3v) is 3.61. The second kappa shape index (κ2) is 4.59. The molecule has 2 amide bonds. The molecule has 2 aromatic rings. The first-order chi connectivity index (χ1) is 9.56. The molecular formula is C13H15N5O2. The Morgan fingerprint density at radius 3 is 2.85 bits per heavy atom. The Morgan fingerprint density at radius 1 is 1.45 bits per heavy atom. The van der Waals surface area contributed by atoms with Gasteiger partial charge in [0, 0.05) is 12.2 Å². The Balaban J connectivity index is 1.91. The van der Waals surface area contributed by atoms with Crippen molar-refractivity contribution >= 4 is 17.5 Å². The van der Waals surface area contributed by atoms with Crippen molar-refractivity contribution in [1.29, 1.82) is 0 Å². The van der Waals surface area contributed by atoms with Crippen molar-refractivity contribution in [2.45, 2.75) is 25.8 Å². The van der Waals surface area contributed by atoms with Crippen LogP contribution in [0.5, 0.6) is 0 Å². The van der Waals surface area contributed by atoms with E-state index in [1.165, 1.54) is 16.9 Å². The van der Waals surface area contributed by atoms with E-state index in [-0.39, 0.29) is 17.5 Å². The third kappa shape index (κ3) is 2.01. The number of carbonyl (C=O) groups excluding carboxylic acids is 2. The fourth-order valence-corrected chi connectivity index (χ4v) is 2.52. The van der Waals surface area contributed by atoms with Gasteiger partial charge in [0.15, 0.2) is 5.65 Å². The molecule has 104 valence electrons. The molecule has 0 aliphatic heterocycles. The number of primary amides is 1. The molecule has 20 heavy (non-hydrogen) atoms. The zero-order valence-corrected chi connectivity index (χ0v) is 11.0. The van der Waals surface area contributed by atoms with Gasteiger partial charge in [0.2, 0.25) is 0 Å². The highest BCUT2D eigenvalue weighted by atomic mass is 16.2. The number of nitrogens with one attached hydrogen (secondary N) is 1. The van der Waals surface area contributed by atoms with E-state index in [1.54, 1.807) is 6.07 Å². The molecule has 0 aromatic carbocycles. The average Bonchev–Trinajstić information content (AvgIpc) is 2.80. The Hall–Kier alpha value is -2.44. The summed E-state index contributed by atoms with van der Waals surface area (Å²) in [7, 11) is 0. The van der Waals surface area contributed by atoms with Crippen LogP contribution in [-0.4, -0.2) is 32.5 Å². The molecule has 1 aliphatic carbocycles. The van der Waals surface area contributed by atoms with Crippen LogP contribution in [0.3, 0.4) is 0 Å². The highest BCUT2D eigenvalue weighted by Gasteiger charge is 2.27. The first-order valence-electron chi connectivity index (χ1n) is 6.49. The van der Waals surface area contributed by atoms with Crippen LogP contribution in [0.25, 0.3) is 5.65 Å². The minimum atomic E-state index is -0.613. The fourth-order valence-electron chi connectivity index (χ4n) is 2.52. The molecule has 7 heteroatoms. The molecule has 7 nitrogen and oxygen atoms in total. The first kappa shape index (κ1) is 12.6. The van der Waals surface area contributed by atoms with Gasteiger partial charge in [-0.05, 0) is 24.8 Å². The Morgan fingerprint density at radius 2 is 2.20 bits per heavy atom. The lowest BCUT2D eigenvalue weighted by Crippen LogP contribution is -2.43. The number of carbonyl (C=O) groups is 2. The van der Waals surface area contributed by atoms with E-state index in [0.29, 0.717) is 17.3 Å². The van der Waals surface area contributed by atoms with E-state index < -0.39 is 5.91 Å². The van der Waals surface area contributed by atoms with E-state index in [2.05, 4.69) is 22.3 Å². The SMILES string of the molecule is CC1CC(NC(=O)c2ccnc3c(C(N)=O)cnn23)C1. The predicted molar refractivity (Wildman–Crippen MR) is 71.2 cm³/mol. The van der Waals surface area contributed by atoms with Gasteiger partial charge in [-0.2, -0.15) is 5.10 Å². The maximum Gasteiger partial charge on any atom is 0.270 e. The van der Waals surface area contributed by atoms with Gasteiger partial charge in [-0.3, -0.25) is 9.59 Å². The number of rotatable bonds is 3. The number of nitrogens with two attached hydrogens (primary N) is 1. The van der Waals surface area contributed by atoms with E-state index in [0.717, 1.165) is 12.8 Å². The maximum absolute atomic E-state index is 12.2. The van der Waals surface area contributed by atoms with E-state index >= 15 is 0 Å². The zero-order valence-electron chi connectivity index (χ0n) is 11.0. The summed E-state index contributed by atoms with van der Waals surface area (Å²) >= 11 is 0. The van der Waals surface area contributed by atoms with Crippen LogP contribution >= 0.6 is 0 Å². The highest BCUT2D eigenvalue weighted by molar-refractivity contribution is 5.99. The Kier molecular flexibility index (Phi) is 2.89. The largest absolute Gasteiger partial charge is 0.365 e. The summed E-state index contributed by atoms with van der Waals surface area (Å²) < 4.78 is 1.34. The molecular weight excluding hydrogens is 258 g/mol. The number of amides is 2. The first-order valence-corrected chi connectivity index (χ1v) is 6.49. The Labute approximate surface area is 115 Å². The normalized spacial score (nSPS) is 21.4. The molecule has 0 radical (unpaired) electrons. The van der Waals surface area contributed by atoms with Crippen molar-refractivity contribution in [3.05, 3.63) is 29.7 Å². The van der Waals surface area contributed by atoms with Crippen LogP contribution in [0.15, 0.2) is 18.5 Å². The second-order valence-corrected chi connectivity index (χ2v) is 5.23. The second-order valence-electron chi connectivity index (χ2n) is 5.23. The number of nitrogens with zero attached hydrogens (tertiary/aromatic N) is 3. The van der Waals surface area contributed by atoms with E-state index in [4.69, 9.17) is 5.73 Å². The molecule has 0 saturated heterocycles. The van der Waals surface area contributed by atoms with Crippen LogP contribution in [0.4, 0.5) is 0 Å². The maximum atomic E-state index is 12.2. The lowest BCUT2D eigenvalue weighted by molar-refractivity contribution is 0.0887. The summed E-state index contributed by atoms with van der Waals surface area (Å²) in [4.78, 5) is 27.5. The molecule has 3 N–H and O–H groups in total. The number of aromatic nitrogens is 3. The van der Waals surface area contributed by atoms with E-state index in [1.807, 2.05) is 0 Å². The molecule has 0 bridgehead atoms. The van der Waals surface area contributed by atoms with Gasteiger partial charge in [0.05, 0.1) is 6.20 Å². The van der Waals surface area contributed by atoms with Crippen molar-refractivity contribution in [3.8, 4) is 0 Å². The summed E-state index contributed by atoms with van der Waals surface area (Å²) in [6.07, 6.45) is 4.78. The van der Waals surface area contributed by atoms with Gasteiger partial charge in [-0.15, -0.1) is 0 Å². The van der Waals surface area contributed by atoms with Crippen molar-refractivity contribution in [2.24, 2.45) is 11.7 Å². The molecule has 2 heterocycles. The van der Waals surface area contributed by atoms with Crippen molar-refractivity contribution in [2.75, 3.05) is 0 Å². The standard InChI is InChI=1S/C13H15N5O2/c1-7-4-8(5-7)17-13(20)10-2-3-15-12-9(11(14)19)6-16-18(10)12/h2-3,6-8H,4-5H2,1H3,(H2,14,19)(H,17,20). The van der Waals surface area contributed by atoms with Crippen LogP contribution in [-0.2, 0) is 0 Å². The summed E-state index contributed by atoms with van der Waals surface area (Å²) in [5, 5.41) is 6.97. The third-order valence-electron chi connectivity index (χ3n) is 3.61. The minimum Gasteiger partial charge on any atom is -0.365 e. The van der Waals surface area contributed by atoms with Gasteiger partial charge >= 0.3 is 0 Å². The lowest BCUT2D eigenvalue weighted by Gasteiger charge is -2.33. The summed E-state index contributed by atoms with van der Waals surface area (Å²) in [5.74, 6) is -0.171. The summed E-state index contributed by atoms with van der Waals surface area (Å²) in [5.41, 5.74) is 6.10. The van der Waals surface area contributed by atoms with Crippen LogP contribution < -0.4 is 11.1 Å². The highest BCUT2D eigenvalue weighted by Crippen LogP contribution is 2.26.